The van der Waals surface area contributed by atoms with Crippen molar-refractivity contribution in [2.45, 2.75) is 96.9 Å². The minimum atomic E-state index is -4.21. The van der Waals surface area contributed by atoms with E-state index < -0.39 is 60.0 Å². The topological polar surface area (TPSA) is 127 Å². The third-order valence-corrected chi connectivity index (χ3v) is 11.4. The van der Waals surface area contributed by atoms with E-state index in [-0.39, 0.29) is 41.6 Å². The van der Waals surface area contributed by atoms with Crippen molar-refractivity contribution in [3.8, 4) is 0 Å². The maximum Gasteiger partial charge on any atom is 0.333 e. The Balaban J connectivity index is 2.24. The molecule has 0 N–H and O–H groups in total. The van der Waals surface area contributed by atoms with Crippen LogP contribution in [0.15, 0.2) is 35.9 Å². The highest BCUT2D eigenvalue weighted by molar-refractivity contribution is 7.89. The molecule has 226 valence electrons. The number of carbonyl (C=O) groups is 4. The number of hydrogen-bond acceptors (Lipinski definition) is 8. The van der Waals surface area contributed by atoms with Gasteiger partial charge < -0.3 is 9.47 Å². The van der Waals surface area contributed by atoms with Gasteiger partial charge in [0, 0.05) is 27.0 Å². The number of imide groups is 1. The SMILES string of the molecule is CCOC(=O)C1=C[C@@H](OC(CC)CC)[C@H](N(C(C)=O)S(=O)(=O)CC[Si](C)(C)C)[C@@H](N2C(=O)c3ccccc3C2=O)C1. The first kappa shape index (κ1) is 32.7. The van der Waals surface area contributed by atoms with Gasteiger partial charge in [-0.15, -0.1) is 0 Å². The zero-order chi connectivity index (χ0) is 30.7. The molecule has 0 unspecified atom stereocenters. The quantitative estimate of drug-likeness (QED) is 0.198. The van der Waals surface area contributed by atoms with Crippen molar-refractivity contribution in [3.05, 3.63) is 47.0 Å². The van der Waals surface area contributed by atoms with Crippen LogP contribution in [0.4, 0.5) is 0 Å². The first-order valence-electron chi connectivity index (χ1n) is 14.2. The highest BCUT2D eigenvalue weighted by Crippen LogP contribution is 2.37. The summed E-state index contributed by atoms with van der Waals surface area (Å²) < 4.78 is 40.3. The Morgan fingerprint density at radius 1 is 1.05 bits per heavy atom. The van der Waals surface area contributed by atoms with Crippen LogP contribution in [-0.2, 0) is 29.1 Å². The van der Waals surface area contributed by atoms with Gasteiger partial charge in [0.1, 0.15) is 6.10 Å². The third kappa shape index (κ3) is 7.15. The smallest absolute Gasteiger partial charge is 0.333 e. The van der Waals surface area contributed by atoms with Crippen LogP contribution in [0.5, 0.6) is 0 Å². The lowest BCUT2D eigenvalue weighted by atomic mass is 9.86. The molecule has 1 aromatic carbocycles. The molecule has 1 aliphatic carbocycles. The second kappa shape index (κ2) is 13.0. The van der Waals surface area contributed by atoms with Crippen LogP contribution >= 0.6 is 0 Å². The predicted molar refractivity (Wildman–Crippen MR) is 158 cm³/mol. The van der Waals surface area contributed by atoms with E-state index in [1.54, 1.807) is 19.1 Å². The monoisotopic (exact) mass is 606 g/mol. The van der Waals surface area contributed by atoms with E-state index in [0.717, 1.165) is 16.1 Å². The Bertz CT molecular complexity index is 1280. The first-order chi connectivity index (χ1) is 19.2. The molecule has 3 amide bonds. The van der Waals surface area contributed by atoms with Crippen molar-refractivity contribution >= 4 is 41.8 Å². The summed E-state index contributed by atoms with van der Waals surface area (Å²) in [5.74, 6) is -2.90. The van der Waals surface area contributed by atoms with Gasteiger partial charge in [-0.1, -0.05) is 45.6 Å². The predicted octanol–water partition coefficient (Wildman–Crippen LogP) is 4.00. The lowest BCUT2D eigenvalue weighted by molar-refractivity contribution is -0.139. The Labute approximate surface area is 244 Å². The van der Waals surface area contributed by atoms with Crippen LogP contribution < -0.4 is 0 Å². The van der Waals surface area contributed by atoms with Gasteiger partial charge >= 0.3 is 5.97 Å². The van der Waals surface area contributed by atoms with Crippen molar-refractivity contribution in [2.24, 2.45) is 0 Å². The summed E-state index contributed by atoms with van der Waals surface area (Å²) in [6, 6.07) is 4.26. The average Bonchev–Trinajstić information content (AvgIpc) is 3.15. The zero-order valence-electron chi connectivity index (χ0n) is 25.0. The molecule has 0 spiro atoms. The molecule has 0 radical (unpaired) electrons. The molecule has 1 heterocycles. The standard InChI is InChI=1S/C29H42N2O8SSi/c1-8-21(9-2)39-25-18-20(29(35)38-10-3)17-24(30-27(33)22-13-11-12-14-23(22)28(30)34)26(25)31(19(4)32)40(36,37)15-16-41(5,6)7/h11-14,18,21,24-26H,8-10,15-17H2,1-7H3/t24-,25+,26+/m0/s1. The number of hydrogen-bond donors (Lipinski definition) is 0. The molecule has 3 atom stereocenters. The zero-order valence-corrected chi connectivity index (χ0v) is 26.8. The number of sulfonamides is 1. The van der Waals surface area contributed by atoms with E-state index >= 15 is 0 Å². The van der Waals surface area contributed by atoms with Crippen LogP contribution in [0.25, 0.3) is 0 Å². The molecule has 10 nitrogen and oxygen atoms in total. The summed E-state index contributed by atoms with van der Waals surface area (Å²) in [5, 5.41) is 0. The summed E-state index contributed by atoms with van der Waals surface area (Å²) in [7, 11) is -6.04. The van der Waals surface area contributed by atoms with Crippen molar-refractivity contribution in [1.29, 1.82) is 0 Å². The molecule has 0 saturated heterocycles. The summed E-state index contributed by atoms with van der Waals surface area (Å²) in [5.41, 5.74) is 0.512. The molecule has 0 bridgehead atoms. The van der Waals surface area contributed by atoms with Crippen molar-refractivity contribution in [2.75, 3.05) is 12.4 Å². The van der Waals surface area contributed by atoms with Crippen molar-refractivity contribution < 1.29 is 37.1 Å². The van der Waals surface area contributed by atoms with E-state index in [1.165, 1.54) is 18.2 Å². The normalized spacial score (nSPS) is 21.1. The summed E-state index contributed by atoms with van der Waals surface area (Å²) in [6.45, 7) is 12.9. The molecule has 0 aromatic heterocycles. The van der Waals surface area contributed by atoms with E-state index in [0.29, 0.717) is 18.9 Å². The van der Waals surface area contributed by atoms with Gasteiger partial charge in [-0.3, -0.25) is 19.3 Å². The minimum absolute atomic E-state index is 0.0972. The van der Waals surface area contributed by atoms with Gasteiger partial charge in [0.05, 0.1) is 41.7 Å². The van der Waals surface area contributed by atoms with Gasteiger partial charge in [-0.25, -0.2) is 17.5 Å². The van der Waals surface area contributed by atoms with Crippen LogP contribution in [0.3, 0.4) is 0 Å². The fourth-order valence-electron chi connectivity index (χ4n) is 5.30. The molecule has 2 aliphatic rings. The summed E-state index contributed by atoms with van der Waals surface area (Å²) in [4.78, 5) is 54.6. The molecule has 1 aliphatic heterocycles. The number of esters is 1. The molecular formula is C29H42N2O8SSi. The number of fused-ring (bicyclic) bond motifs is 1. The highest BCUT2D eigenvalue weighted by Gasteiger charge is 2.52. The van der Waals surface area contributed by atoms with Crippen molar-refractivity contribution in [3.63, 3.8) is 0 Å². The van der Waals surface area contributed by atoms with Crippen LogP contribution in [-0.4, -0.2) is 86.0 Å². The third-order valence-electron chi connectivity index (χ3n) is 7.47. The molecular weight excluding hydrogens is 564 g/mol. The van der Waals surface area contributed by atoms with Gasteiger partial charge in [0.15, 0.2) is 0 Å². The number of rotatable bonds is 12. The molecule has 0 saturated carbocycles. The second-order valence-corrected chi connectivity index (χ2v) is 19.3. The van der Waals surface area contributed by atoms with Gasteiger partial charge in [0.25, 0.3) is 11.8 Å². The summed E-state index contributed by atoms with van der Waals surface area (Å²) in [6.07, 6.45) is 1.05. The molecule has 12 heteroatoms. The van der Waals surface area contributed by atoms with Crippen molar-refractivity contribution in [1.82, 2.24) is 9.21 Å². The van der Waals surface area contributed by atoms with Crippen LogP contribution in [0, 0.1) is 0 Å². The van der Waals surface area contributed by atoms with E-state index in [1.807, 2.05) is 33.5 Å². The van der Waals surface area contributed by atoms with Crippen LogP contribution in [0.1, 0.15) is 67.7 Å². The molecule has 0 fully saturated rings. The van der Waals surface area contributed by atoms with E-state index in [9.17, 15) is 27.6 Å². The highest BCUT2D eigenvalue weighted by atomic mass is 32.2. The Morgan fingerprint density at radius 3 is 2.07 bits per heavy atom. The van der Waals surface area contributed by atoms with Gasteiger partial charge in [0.2, 0.25) is 15.9 Å². The first-order valence-corrected chi connectivity index (χ1v) is 19.5. The number of ether oxygens (including phenoxy) is 2. The average molecular weight is 607 g/mol. The Hall–Kier alpha value is -2.83. The van der Waals surface area contributed by atoms with Crippen LogP contribution in [0.2, 0.25) is 25.7 Å². The molecule has 41 heavy (non-hydrogen) atoms. The van der Waals surface area contributed by atoms with Gasteiger partial charge in [-0.2, -0.15) is 0 Å². The Kier molecular flexibility index (Phi) is 10.4. The maximum atomic E-state index is 13.9. The number of nitrogens with zero attached hydrogens (tertiary/aromatic N) is 2. The number of benzene rings is 1. The van der Waals surface area contributed by atoms with Gasteiger partial charge in [-0.05, 0) is 44.0 Å². The van der Waals surface area contributed by atoms with E-state index in [2.05, 4.69) is 0 Å². The lowest BCUT2D eigenvalue weighted by Gasteiger charge is -2.45. The number of carbonyl (C=O) groups excluding carboxylic acids is 4. The Morgan fingerprint density at radius 2 is 1.61 bits per heavy atom. The summed E-state index contributed by atoms with van der Waals surface area (Å²) >= 11 is 0. The molecule has 1 aromatic rings. The minimum Gasteiger partial charge on any atom is -0.463 e. The molecule has 3 rings (SSSR count). The lowest BCUT2D eigenvalue weighted by Crippen LogP contribution is -2.63. The largest absolute Gasteiger partial charge is 0.463 e. The second-order valence-electron chi connectivity index (χ2n) is 11.7. The fourth-order valence-corrected chi connectivity index (χ4v) is 10.00. The number of amides is 3. The fraction of sp³-hybridized carbons (Fsp3) is 0.586. The van der Waals surface area contributed by atoms with E-state index in [4.69, 9.17) is 9.47 Å². The maximum absolute atomic E-state index is 13.9.